The molecule has 0 aromatic carbocycles. The lowest BCUT2D eigenvalue weighted by atomic mass is 10.2. The van der Waals surface area contributed by atoms with E-state index < -0.39 is 11.7 Å². The van der Waals surface area contributed by atoms with E-state index in [4.69, 9.17) is 9.84 Å². The molecular weight excluding hydrogens is 236 g/mol. The van der Waals surface area contributed by atoms with Gasteiger partial charge in [-0.15, -0.1) is 0 Å². The molecular formula is C12H24N2O4. The Morgan fingerprint density at radius 3 is 2.28 bits per heavy atom. The Balaban J connectivity index is 2.33. The summed E-state index contributed by atoms with van der Waals surface area (Å²) in [6.45, 7) is 8.31. The number of nitrogens with zero attached hydrogens (tertiary/aromatic N) is 2. The first-order valence-electron chi connectivity index (χ1n) is 6.31. The van der Waals surface area contributed by atoms with E-state index >= 15 is 0 Å². The Kier molecular flexibility index (Phi) is 5.37. The Bertz CT molecular complexity index is 270. The van der Waals surface area contributed by atoms with Gasteiger partial charge < -0.3 is 19.8 Å². The van der Waals surface area contributed by atoms with Gasteiger partial charge in [-0.3, -0.25) is 4.90 Å². The van der Waals surface area contributed by atoms with Crippen LogP contribution in [0.5, 0.6) is 0 Å². The Morgan fingerprint density at radius 1 is 1.28 bits per heavy atom. The summed E-state index contributed by atoms with van der Waals surface area (Å²) in [6.07, 6.45) is -0.997. The highest BCUT2D eigenvalue weighted by atomic mass is 16.6. The number of piperazine rings is 1. The standard InChI is InChI=1S/C12H24N2O4/c1-12(2,3)18-11(17)14-6-4-13(5-7-14)8-10(16)9-15/h10,15-16H,4-9H2,1-3H3/t10-/m0/s1. The van der Waals surface area contributed by atoms with Crippen LogP contribution >= 0.6 is 0 Å². The summed E-state index contributed by atoms with van der Waals surface area (Å²) in [5.74, 6) is 0. The molecule has 1 atom stereocenters. The van der Waals surface area contributed by atoms with Gasteiger partial charge >= 0.3 is 6.09 Å². The second kappa shape index (κ2) is 6.36. The van der Waals surface area contributed by atoms with Gasteiger partial charge in [0.2, 0.25) is 0 Å². The number of rotatable bonds is 3. The van der Waals surface area contributed by atoms with Gasteiger partial charge in [-0.2, -0.15) is 0 Å². The Labute approximate surface area is 108 Å². The molecule has 0 unspecified atom stereocenters. The summed E-state index contributed by atoms with van der Waals surface area (Å²) in [4.78, 5) is 15.5. The van der Waals surface area contributed by atoms with Crippen molar-refractivity contribution in [2.24, 2.45) is 0 Å². The van der Waals surface area contributed by atoms with E-state index in [-0.39, 0.29) is 12.7 Å². The van der Waals surface area contributed by atoms with Crippen LogP contribution in [-0.4, -0.2) is 77.1 Å². The summed E-state index contributed by atoms with van der Waals surface area (Å²) in [6, 6.07) is 0. The molecule has 106 valence electrons. The van der Waals surface area contributed by atoms with Gasteiger partial charge in [-0.25, -0.2) is 4.79 Å². The number of carbonyl (C=O) groups is 1. The topological polar surface area (TPSA) is 73.2 Å². The van der Waals surface area contributed by atoms with Crippen molar-refractivity contribution in [1.82, 2.24) is 9.80 Å². The van der Waals surface area contributed by atoms with E-state index in [1.807, 2.05) is 25.7 Å². The average Bonchev–Trinajstić information content (AvgIpc) is 2.27. The highest BCUT2D eigenvalue weighted by Gasteiger charge is 2.26. The van der Waals surface area contributed by atoms with Crippen LogP contribution in [-0.2, 0) is 4.74 Å². The molecule has 6 nitrogen and oxygen atoms in total. The highest BCUT2D eigenvalue weighted by molar-refractivity contribution is 5.68. The molecule has 0 radical (unpaired) electrons. The van der Waals surface area contributed by atoms with Crippen molar-refractivity contribution in [3.63, 3.8) is 0 Å². The third-order valence-electron chi connectivity index (χ3n) is 2.70. The van der Waals surface area contributed by atoms with Gasteiger partial charge in [-0.05, 0) is 20.8 Å². The fourth-order valence-corrected chi connectivity index (χ4v) is 1.80. The molecule has 1 rings (SSSR count). The summed E-state index contributed by atoms with van der Waals surface area (Å²) < 4.78 is 5.29. The van der Waals surface area contributed by atoms with Gasteiger partial charge in [0.05, 0.1) is 12.7 Å². The third-order valence-corrected chi connectivity index (χ3v) is 2.70. The lowest BCUT2D eigenvalue weighted by molar-refractivity contribution is 0.00592. The van der Waals surface area contributed by atoms with Crippen molar-refractivity contribution < 1.29 is 19.7 Å². The van der Waals surface area contributed by atoms with E-state index in [2.05, 4.69) is 0 Å². The molecule has 1 aliphatic rings. The van der Waals surface area contributed by atoms with Gasteiger partial charge in [0.1, 0.15) is 5.60 Å². The summed E-state index contributed by atoms with van der Waals surface area (Å²) in [5, 5.41) is 18.1. The van der Waals surface area contributed by atoms with Crippen molar-refractivity contribution in [2.75, 3.05) is 39.3 Å². The zero-order chi connectivity index (χ0) is 13.8. The van der Waals surface area contributed by atoms with Crippen LogP contribution in [0.2, 0.25) is 0 Å². The predicted octanol–water partition coefficient (Wildman–Crippen LogP) is -0.108. The first kappa shape index (κ1) is 15.2. The number of carbonyl (C=O) groups excluding carboxylic acids is 1. The number of ether oxygens (including phenoxy) is 1. The summed E-state index contributed by atoms with van der Waals surface area (Å²) in [5.41, 5.74) is -0.471. The second-order valence-electron chi connectivity index (χ2n) is 5.60. The molecule has 0 bridgehead atoms. The van der Waals surface area contributed by atoms with Crippen LogP contribution in [0.1, 0.15) is 20.8 Å². The van der Waals surface area contributed by atoms with Crippen LogP contribution in [0, 0.1) is 0 Å². The SMILES string of the molecule is CC(C)(C)OC(=O)N1CCN(C[C@H](O)CO)CC1. The maximum absolute atomic E-state index is 11.8. The lowest BCUT2D eigenvalue weighted by Gasteiger charge is -2.36. The van der Waals surface area contributed by atoms with Crippen molar-refractivity contribution >= 4 is 6.09 Å². The van der Waals surface area contributed by atoms with Gasteiger partial charge in [0, 0.05) is 32.7 Å². The largest absolute Gasteiger partial charge is 0.444 e. The van der Waals surface area contributed by atoms with Crippen molar-refractivity contribution in [3.05, 3.63) is 0 Å². The van der Waals surface area contributed by atoms with Gasteiger partial charge in [0.25, 0.3) is 0 Å². The average molecular weight is 260 g/mol. The number of β-amino-alcohol motifs (C(OH)–C–C–N with tert-alkyl or cyclic N) is 1. The molecule has 1 fully saturated rings. The molecule has 0 aromatic rings. The third kappa shape index (κ3) is 5.20. The minimum Gasteiger partial charge on any atom is -0.444 e. The number of aliphatic hydroxyl groups excluding tert-OH is 2. The monoisotopic (exact) mass is 260 g/mol. The molecule has 0 aromatic heterocycles. The molecule has 0 spiro atoms. The molecule has 1 amide bonds. The quantitative estimate of drug-likeness (QED) is 0.741. The lowest BCUT2D eigenvalue weighted by Crippen LogP contribution is -2.51. The van der Waals surface area contributed by atoms with Crippen molar-refractivity contribution in [2.45, 2.75) is 32.5 Å². The Morgan fingerprint density at radius 2 is 1.83 bits per heavy atom. The Hall–Kier alpha value is -0.850. The predicted molar refractivity (Wildman–Crippen MR) is 67.3 cm³/mol. The zero-order valence-electron chi connectivity index (χ0n) is 11.4. The molecule has 0 aliphatic carbocycles. The van der Waals surface area contributed by atoms with E-state index in [1.165, 1.54) is 0 Å². The smallest absolute Gasteiger partial charge is 0.410 e. The minimum atomic E-state index is -0.710. The van der Waals surface area contributed by atoms with E-state index in [9.17, 15) is 9.90 Å². The number of aliphatic hydroxyl groups is 2. The van der Waals surface area contributed by atoms with Crippen LogP contribution in [0.15, 0.2) is 0 Å². The van der Waals surface area contributed by atoms with E-state index in [1.54, 1.807) is 4.90 Å². The van der Waals surface area contributed by atoms with Crippen LogP contribution < -0.4 is 0 Å². The number of hydrogen-bond acceptors (Lipinski definition) is 5. The fourth-order valence-electron chi connectivity index (χ4n) is 1.80. The normalized spacial score (nSPS) is 19.7. The van der Waals surface area contributed by atoms with Crippen LogP contribution in [0.4, 0.5) is 4.79 Å². The number of hydrogen-bond donors (Lipinski definition) is 2. The maximum atomic E-state index is 11.8. The van der Waals surface area contributed by atoms with Gasteiger partial charge in [0.15, 0.2) is 0 Å². The second-order valence-corrected chi connectivity index (χ2v) is 5.60. The fraction of sp³-hybridized carbons (Fsp3) is 0.917. The van der Waals surface area contributed by atoms with Crippen LogP contribution in [0.25, 0.3) is 0 Å². The first-order chi connectivity index (χ1) is 8.31. The maximum Gasteiger partial charge on any atom is 0.410 e. The van der Waals surface area contributed by atoms with E-state index in [0.717, 1.165) is 0 Å². The highest BCUT2D eigenvalue weighted by Crippen LogP contribution is 2.11. The molecule has 18 heavy (non-hydrogen) atoms. The van der Waals surface area contributed by atoms with Crippen molar-refractivity contribution in [1.29, 1.82) is 0 Å². The molecule has 1 saturated heterocycles. The molecule has 1 heterocycles. The summed E-state index contributed by atoms with van der Waals surface area (Å²) in [7, 11) is 0. The zero-order valence-corrected chi connectivity index (χ0v) is 11.4. The van der Waals surface area contributed by atoms with Gasteiger partial charge in [-0.1, -0.05) is 0 Å². The minimum absolute atomic E-state index is 0.230. The van der Waals surface area contributed by atoms with E-state index in [0.29, 0.717) is 32.7 Å². The molecule has 1 aliphatic heterocycles. The first-order valence-corrected chi connectivity index (χ1v) is 6.31. The molecule has 2 N–H and O–H groups in total. The number of amides is 1. The van der Waals surface area contributed by atoms with Crippen LogP contribution in [0.3, 0.4) is 0 Å². The van der Waals surface area contributed by atoms with Crippen molar-refractivity contribution in [3.8, 4) is 0 Å². The molecule has 0 saturated carbocycles. The molecule has 6 heteroatoms. The summed E-state index contributed by atoms with van der Waals surface area (Å²) >= 11 is 0.